The number of nitrogens with zero attached hydrogens (tertiary/aromatic N) is 1. The van der Waals surface area contributed by atoms with E-state index in [4.69, 9.17) is 0 Å². The van der Waals surface area contributed by atoms with E-state index in [0.29, 0.717) is 17.9 Å². The van der Waals surface area contributed by atoms with Gasteiger partial charge in [-0.1, -0.05) is 6.07 Å². The maximum absolute atomic E-state index is 12.4. The Bertz CT molecular complexity index is 398. The van der Waals surface area contributed by atoms with Crippen LogP contribution in [0.4, 0.5) is 0 Å². The zero-order valence-electron chi connectivity index (χ0n) is 10.6. The van der Waals surface area contributed by atoms with Gasteiger partial charge in [0.2, 0.25) is 5.91 Å². The van der Waals surface area contributed by atoms with E-state index in [-0.39, 0.29) is 0 Å². The van der Waals surface area contributed by atoms with E-state index in [0.717, 1.165) is 45.3 Å². The summed E-state index contributed by atoms with van der Waals surface area (Å²) in [6, 6.07) is 4.60. The molecule has 2 aliphatic heterocycles. The van der Waals surface area contributed by atoms with Crippen LogP contribution in [-0.2, 0) is 4.79 Å². The van der Waals surface area contributed by atoms with Gasteiger partial charge in [-0.15, -0.1) is 11.3 Å². The Balaban J connectivity index is 1.65. The number of likely N-dealkylation sites (tertiary alicyclic amines) is 1. The van der Waals surface area contributed by atoms with Gasteiger partial charge in [-0.2, -0.15) is 0 Å². The first-order valence-electron chi connectivity index (χ1n) is 6.88. The number of hydrogen-bond acceptors (Lipinski definition) is 3. The van der Waals surface area contributed by atoms with E-state index in [1.165, 1.54) is 4.88 Å². The van der Waals surface area contributed by atoms with Crippen molar-refractivity contribution in [1.82, 2.24) is 10.2 Å². The summed E-state index contributed by atoms with van der Waals surface area (Å²) in [6.45, 7) is 3.04. The SMILES string of the molecule is O=C(CC1CCNC1)N1CCCC1c1cccs1. The molecule has 0 aliphatic carbocycles. The highest BCUT2D eigenvalue weighted by Crippen LogP contribution is 2.35. The van der Waals surface area contributed by atoms with Crippen molar-refractivity contribution in [1.29, 1.82) is 0 Å². The van der Waals surface area contributed by atoms with Gasteiger partial charge in [0.05, 0.1) is 6.04 Å². The molecule has 2 saturated heterocycles. The molecule has 0 saturated carbocycles. The average molecular weight is 264 g/mol. The second kappa shape index (κ2) is 5.41. The molecule has 1 N–H and O–H groups in total. The lowest BCUT2D eigenvalue weighted by Gasteiger charge is -2.25. The molecule has 2 aliphatic rings. The van der Waals surface area contributed by atoms with Crippen molar-refractivity contribution in [2.75, 3.05) is 19.6 Å². The van der Waals surface area contributed by atoms with E-state index < -0.39 is 0 Å². The summed E-state index contributed by atoms with van der Waals surface area (Å²) < 4.78 is 0. The number of amides is 1. The van der Waals surface area contributed by atoms with Crippen molar-refractivity contribution in [3.63, 3.8) is 0 Å². The molecule has 0 aromatic carbocycles. The van der Waals surface area contributed by atoms with Crippen molar-refractivity contribution < 1.29 is 4.79 Å². The predicted molar refractivity (Wildman–Crippen MR) is 73.6 cm³/mol. The molecule has 1 aromatic rings. The van der Waals surface area contributed by atoms with Gasteiger partial charge in [0.1, 0.15) is 0 Å². The second-order valence-electron chi connectivity index (χ2n) is 5.32. The quantitative estimate of drug-likeness (QED) is 0.909. The third-order valence-electron chi connectivity index (χ3n) is 4.07. The minimum atomic E-state index is 0.354. The lowest BCUT2D eigenvalue weighted by atomic mass is 10.0. The minimum absolute atomic E-state index is 0.354. The highest BCUT2D eigenvalue weighted by atomic mass is 32.1. The summed E-state index contributed by atoms with van der Waals surface area (Å²) in [5.74, 6) is 0.918. The third kappa shape index (κ3) is 2.45. The Labute approximate surface area is 112 Å². The summed E-state index contributed by atoms with van der Waals surface area (Å²) in [4.78, 5) is 15.9. The standard InChI is InChI=1S/C14H20N2OS/c17-14(9-11-5-6-15-10-11)16-7-1-3-12(16)13-4-2-8-18-13/h2,4,8,11-12,15H,1,3,5-7,9-10H2. The normalized spacial score (nSPS) is 27.9. The number of carbonyl (C=O) groups is 1. The van der Waals surface area contributed by atoms with Gasteiger partial charge in [-0.25, -0.2) is 0 Å². The predicted octanol–water partition coefficient (Wildman–Crippen LogP) is 2.41. The largest absolute Gasteiger partial charge is 0.335 e. The summed E-state index contributed by atoms with van der Waals surface area (Å²) in [6.07, 6.45) is 4.17. The van der Waals surface area contributed by atoms with Crippen LogP contribution in [-0.4, -0.2) is 30.4 Å². The molecule has 0 bridgehead atoms. The molecule has 3 rings (SSSR count). The van der Waals surface area contributed by atoms with Crippen LogP contribution in [0.2, 0.25) is 0 Å². The maximum atomic E-state index is 12.4. The molecule has 18 heavy (non-hydrogen) atoms. The Morgan fingerprint density at radius 1 is 1.50 bits per heavy atom. The van der Waals surface area contributed by atoms with Crippen LogP contribution in [0.5, 0.6) is 0 Å². The van der Waals surface area contributed by atoms with E-state index in [9.17, 15) is 4.79 Å². The fourth-order valence-electron chi connectivity index (χ4n) is 3.09. The first-order valence-corrected chi connectivity index (χ1v) is 7.76. The van der Waals surface area contributed by atoms with Crippen LogP contribution in [0, 0.1) is 5.92 Å². The first kappa shape index (κ1) is 12.2. The lowest BCUT2D eigenvalue weighted by Crippen LogP contribution is -2.31. The molecule has 2 atom stereocenters. The monoisotopic (exact) mass is 264 g/mol. The van der Waals surface area contributed by atoms with Crippen molar-refractivity contribution in [2.24, 2.45) is 5.92 Å². The fourth-order valence-corrected chi connectivity index (χ4v) is 3.97. The maximum Gasteiger partial charge on any atom is 0.223 e. The number of carbonyl (C=O) groups excluding carboxylic acids is 1. The lowest BCUT2D eigenvalue weighted by molar-refractivity contribution is -0.133. The van der Waals surface area contributed by atoms with Gasteiger partial charge in [0.15, 0.2) is 0 Å². The number of nitrogens with one attached hydrogen (secondary N) is 1. The van der Waals surface area contributed by atoms with E-state index in [1.54, 1.807) is 11.3 Å². The summed E-state index contributed by atoms with van der Waals surface area (Å²) in [5, 5.41) is 5.45. The molecule has 0 spiro atoms. The van der Waals surface area contributed by atoms with E-state index >= 15 is 0 Å². The molecule has 2 unspecified atom stereocenters. The highest BCUT2D eigenvalue weighted by molar-refractivity contribution is 7.10. The molecule has 4 heteroatoms. The van der Waals surface area contributed by atoms with Gasteiger partial charge in [-0.3, -0.25) is 4.79 Å². The molecule has 3 heterocycles. The number of thiophene rings is 1. The average Bonchev–Trinajstić information content (AvgIpc) is 3.11. The Hall–Kier alpha value is -0.870. The van der Waals surface area contributed by atoms with Gasteiger partial charge in [0, 0.05) is 17.8 Å². The summed E-state index contributed by atoms with van der Waals surface area (Å²) in [7, 11) is 0. The Morgan fingerprint density at radius 2 is 2.44 bits per heavy atom. The van der Waals surface area contributed by atoms with Crippen LogP contribution in [0.1, 0.15) is 36.6 Å². The number of rotatable bonds is 3. The minimum Gasteiger partial charge on any atom is -0.335 e. The van der Waals surface area contributed by atoms with Crippen LogP contribution in [0.3, 0.4) is 0 Å². The van der Waals surface area contributed by atoms with E-state index in [1.807, 2.05) is 0 Å². The number of hydrogen-bond donors (Lipinski definition) is 1. The van der Waals surface area contributed by atoms with Crippen LogP contribution in [0.15, 0.2) is 17.5 Å². The van der Waals surface area contributed by atoms with Gasteiger partial charge >= 0.3 is 0 Å². The first-order chi connectivity index (χ1) is 8.84. The highest BCUT2D eigenvalue weighted by Gasteiger charge is 2.31. The Morgan fingerprint density at radius 3 is 3.17 bits per heavy atom. The van der Waals surface area contributed by atoms with Gasteiger partial charge in [0.25, 0.3) is 0 Å². The fraction of sp³-hybridized carbons (Fsp3) is 0.643. The van der Waals surface area contributed by atoms with Crippen molar-refractivity contribution >= 4 is 17.2 Å². The topological polar surface area (TPSA) is 32.3 Å². The smallest absolute Gasteiger partial charge is 0.223 e. The zero-order chi connectivity index (χ0) is 12.4. The molecular weight excluding hydrogens is 244 g/mol. The summed E-state index contributed by atoms with van der Waals surface area (Å²) >= 11 is 1.78. The molecule has 2 fully saturated rings. The Kier molecular flexibility index (Phi) is 3.66. The van der Waals surface area contributed by atoms with Crippen LogP contribution < -0.4 is 5.32 Å². The van der Waals surface area contributed by atoms with Crippen LogP contribution >= 0.6 is 11.3 Å². The van der Waals surface area contributed by atoms with Crippen molar-refractivity contribution in [3.05, 3.63) is 22.4 Å². The second-order valence-corrected chi connectivity index (χ2v) is 6.30. The molecule has 1 aromatic heterocycles. The van der Waals surface area contributed by atoms with E-state index in [2.05, 4.69) is 27.7 Å². The molecule has 3 nitrogen and oxygen atoms in total. The molecule has 1 amide bonds. The zero-order valence-corrected chi connectivity index (χ0v) is 11.4. The van der Waals surface area contributed by atoms with Crippen molar-refractivity contribution in [3.8, 4) is 0 Å². The molecule has 98 valence electrons. The molecule has 0 radical (unpaired) electrons. The third-order valence-corrected chi connectivity index (χ3v) is 5.04. The van der Waals surface area contributed by atoms with Gasteiger partial charge in [-0.05, 0) is 49.7 Å². The van der Waals surface area contributed by atoms with Crippen molar-refractivity contribution in [2.45, 2.75) is 31.7 Å². The molecular formula is C14H20N2OS. The van der Waals surface area contributed by atoms with Gasteiger partial charge < -0.3 is 10.2 Å². The summed E-state index contributed by atoms with van der Waals surface area (Å²) in [5.41, 5.74) is 0. The van der Waals surface area contributed by atoms with Crippen LogP contribution in [0.25, 0.3) is 0 Å².